The van der Waals surface area contributed by atoms with E-state index in [-0.39, 0.29) is 37.5 Å². The Morgan fingerprint density at radius 2 is 0.506 bits per heavy atom. The average molecular weight is 1100 g/mol. The van der Waals surface area contributed by atoms with Crippen molar-refractivity contribution in [3.8, 4) is 0 Å². The van der Waals surface area contributed by atoms with Crippen LogP contribution < -0.4 is 0 Å². The maximum Gasteiger partial charge on any atom is 0.306 e. The highest BCUT2D eigenvalue weighted by atomic mass is 16.6. The van der Waals surface area contributed by atoms with Crippen LogP contribution in [0.3, 0.4) is 0 Å². The third kappa shape index (κ3) is 65.0. The number of unbranched alkanes of at least 4 members (excludes halogenated alkanes) is 34. The third-order valence-corrected chi connectivity index (χ3v) is 14.6. The summed E-state index contributed by atoms with van der Waals surface area (Å²) in [5, 5.41) is 0. The van der Waals surface area contributed by atoms with Crippen LogP contribution in [-0.2, 0) is 28.6 Å². The minimum atomic E-state index is -0.805. The van der Waals surface area contributed by atoms with Crippen molar-refractivity contribution in [3.05, 3.63) is 97.2 Å². The summed E-state index contributed by atoms with van der Waals surface area (Å²) < 4.78 is 16.7. The fourth-order valence-electron chi connectivity index (χ4n) is 9.55. The normalized spacial score (nSPS) is 12.7. The van der Waals surface area contributed by atoms with Gasteiger partial charge in [0.15, 0.2) is 6.10 Å². The van der Waals surface area contributed by atoms with Crippen LogP contribution in [0.4, 0.5) is 0 Å². The van der Waals surface area contributed by atoms with E-state index in [2.05, 4.69) is 118 Å². The van der Waals surface area contributed by atoms with Crippen LogP contribution in [-0.4, -0.2) is 37.2 Å². The molecule has 0 aliphatic rings. The van der Waals surface area contributed by atoms with Gasteiger partial charge in [0.2, 0.25) is 0 Å². The Labute approximate surface area is 489 Å². The number of carbonyl (C=O) groups excluding carboxylic acids is 3. The molecule has 0 heterocycles. The van der Waals surface area contributed by atoms with Gasteiger partial charge < -0.3 is 14.2 Å². The van der Waals surface area contributed by atoms with Gasteiger partial charge in [-0.05, 0) is 96.3 Å². The van der Waals surface area contributed by atoms with Gasteiger partial charge in [-0.25, -0.2) is 0 Å². The molecule has 0 saturated carbocycles. The number of hydrogen-bond acceptors (Lipinski definition) is 6. The van der Waals surface area contributed by atoms with Crippen LogP contribution in [0, 0.1) is 0 Å². The lowest BCUT2D eigenvalue weighted by Crippen LogP contribution is -2.30. The minimum absolute atomic E-state index is 0.0987. The molecule has 0 aliphatic carbocycles. The Hall–Kier alpha value is -3.67. The molecular formula is C73H126O6. The molecule has 1 atom stereocenters. The monoisotopic (exact) mass is 1100 g/mol. The van der Waals surface area contributed by atoms with Crippen molar-refractivity contribution >= 4 is 17.9 Å². The van der Waals surface area contributed by atoms with Gasteiger partial charge in [0, 0.05) is 19.3 Å². The van der Waals surface area contributed by atoms with Crippen LogP contribution in [0.25, 0.3) is 0 Å². The Morgan fingerprint density at radius 3 is 0.823 bits per heavy atom. The molecule has 0 N–H and O–H groups in total. The van der Waals surface area contributed by atoms with Gasteiger partial charge in [-0.2, -0.15) is 0 Å². The number of rotatable bonds is 61. The molecule has 0 rings (SSSR count). The summed E-state index contributed by atoms with van der Waals surface area (Å²) in [6, 6.07) is 0. The van der Waals surface area contributed by atoms with Crippen LogP contribution >= 0.6 is 0 Å². The second kappa shape index (κ2) is 66.8. The van der Waals surface area contributed by atoms with Gasteiger partial charge in [0.1, 0.15) is 13.2 Å². The summed E-state index contributed by atoms with van der Waals surface area (Å²) >= 11 is 0. The Bertz CT molecular complexity index is 1540. The second-order valence-corrected chi connectivity index (χ2v) is 22.4. The highest BCUT2D eigenvalue weighted by Crippen LogP contribution is 2.17. The zero-order valence-corrected chi connectivity index (χ0v) is 52.1. The van der Waals surface area contributed by atoms with Crippen molar-refractivity contribution in [2.75, 3.05) is 13.2 Å². The van der Waals surface area contributed by atoms with Gasteiger partial charge in [-0.1, -0.05) is 311 Å². The highest BCUT2D eigenvalue weighted by Gasteiger charge is 2.19. The Balaban J connectivity index is 4.02. The number of esters is 3. The first-order valence-electron chi connectivity index (χ1n) is 33.7. The van der Waals surface area contributed by atoms with Crippen molar-refractivity contribution in [1.29, 1.82) is 0 Å². The molecule has 0 amide bonds. The Kier molecular flexibility index (Phi) is 63.7. The molecular weight excluding hydrogens is 973 g/mol. The van der Waals surface area contributed by atoms with E-state index in [0.29, 0.717) is 19.3 Å². The highest BCUT2D eigenvalue weighted by molar-refractivity contribution is 5.71. The van der Waals surface area contributed by atoms with Gasteiger partial charge in [0.05, 0.1) is 0 Å². The molecule has 0 aliphatic heterocycles. The van der Waals surface area contributed by atoms with E-state index in [0.717, 1.165) is 103 Å². The standard InChI is InChI=1S/C73H126O6/c1-4-7-10-13-15-17-19-21-23-25-27-29-31-32-33-34-35-36-37-38-39-40-42-43-45-47-49-51-53-55-57-60-63-66-72(75)78-69-70(68-77-71(74)65-62-59-12-9-6-3)79-73(76)67-64-61-58-56-54-52-50-48-46-44-41-30-28-26-24-22-20-18-16-14-11-8-5-2/h8,11,16,18,22,24-25,27-28,30,44,46,50,52,56,58,70H,4-7,9-10,12-15,17,19-21,23,26,29,31-43,45,47-49,51,53-55,57,59-69H2,1-3H3/b11-8-,18-16-,24-22-,27-25-,30-28-,46-44-,52-50-,58-56-. The largest absolute Gasteiger partial charge is 0.462 e. The molecule has 0 bridgehead atoms. The SMILES string of the molecule is CC/C=C\C/C=C\C/C=C\C/C=C\C/C=C\C/C=C\C/C=C\CCCC(=O)OC(COC(=O)CCCCCCC)COC(=O)CCCCCCCCCCCCCCCCCCCCCCC/C=C\CCCCCCCCCC. The van der Waals surface area contributed by atoms with Gasteiger partial charge in [-0.15, -0.1) is 0 Å². The first-order valence-corrected chi connectivity index (χ1v) is 33.7. The van der Waals surface area contributed by atoms with Gasteiger partial charge >= 0.3 is 17.9 Å². The van der Waals surface area contributed by atoms with Crippen molar-refractivity contribution in [3.63, 3.8) is 0 Å². The molecule has 1 unspecified atom stereocenters. The summed E-state index contributed by atoms with van der Waals surface area (Å²) in [4.78, 5) is 37.9. The van der Waals surface area contributed by atoms with Gasteiger partial charge in [-0.3, -0.25) is 14.4 Å². The summed E-state index contributed by atoms with van der Waals surface area (Å²) in [7, 11) is 0. The molecule has 6 heteroatoms. The summed E-state index contributed by atoms with van der Waals surface area (Å²) in [6.07, 6.45) is 90.7. The molecule has 0 fully saturated rings. The van der Waals surface area contributed by atoms with Crippen molar-refractivity contribution in [2.24, 2.45) is 0 Å². The zero-order chi connectivity index (χ0) is 57.1. The van der Waals surface area contributed by atoms with Crippen LogP contribution in [0.15, 0.2) is 97.2 Å². The fourth-order valence-corrected chi connectivity index (χ4v) is 9.55. The van der Waals surface area contributed by atoms with Crippen molar-refractivity contribution in [2.45, 2.75) is 335 Å². The molecule has 79 heavy (non-hydrogen) atoms. The van der Waals surface area contributed by atoms with E-state index in [4.69, 9.17) is 14.2 Å². The predicted molar refractivity (Wildman–Crippen MR) is 344 cm³/mol. The summed E-state index contributed by atoms with van der Waals surface area (Å²) in [5.74, 6) is -0.965. The first-order chi connectivity index (χ1) is 39.0. The molecule has 6 nitrogen and oxygen atoms in total. The lowest BCUT2D eigenvalue weighted by Gasteiger charge is -2.18. The Morgan fingerprint density at radius 1 is 0.266 bits per heavy atom. The lowest BCUT2D eigenvalue weighted by atomic mass is 10.0. The first kappa shape index (κ1) is 75.3. The molecule has 0 radical (unpaired) electrons. The van der Waals surface area contributed by atoms with Gasteiger partial charge in [0.25, 0.3) is 0 Å². The molecule has 0 aromatic heterocycles. The fraction of sp³-hybridized carbons (Fsp3) is 0.740. The molecule has 0 aromatic rings. The van der Waals surface area contributed by atoms with E-state index < -0.39 is 6.10 Å². The predicted octanol–water partition coefficient (Wildman–Crippen LogP) is 23.2. The quantitative estimate of drug-likeness (QED) is 0.0261. The maximum atomic E-state index is 12.8. The molecule has 0 saturated heterocycles. The maximum absolute atomic E-state index is 12.8. The number of carbonyl (C=O) groups is 3. The molecule has 0 aromatic carbocycles. The topological polar surface area (TPSA) is 78.9 Å². The van der Waals surface area contributed by atoms with Crippen molar-refractivity contribution in [1.82, 2.24) is 0 Å². The summed E-state index contributed by atoms with van der Waals surface area (Å²) in [6.45, 7) is 6.42. The average Bonchev–Trinajstić information content (AvgIpc) is 3.45. The lowest BCUT2D eigenvalue weighted by molar-refractivity contribution is -0.167. The minimum Gasteiger partial charge on any atom is -0.462 e. The van der Waals surface area contributed by atoms with E-state index in [9.17, 15) is 14.4 Å². The second-order valence-electron chi connectivity index (χ2n) is 22.4. The zero-order valence-electron chi connectivity index (χ0n) is 52.1. The molecule has 454 valence electrons. The van der Waals surface area contributed by atoms with E-state index in [1.807, 2.05) is 0 Å². The number of allylic oxidation sites excluding steroid dienone is 16. The van der Waals surface area contributed by atoms with E-state index >= 15 is 0 Å². The number of ether oxygens (including phenoxy) is 3. The van der Waals surface area contributed by atoms with E-state index in [1.165, 1.54) is 180 Å². The summed E-state index contributed by atoms with van der Waals surface area (Å²) in [5.41, 5.74) is 0. The third-order valence-electron chi connectivity index (χ3n) is 14.6. The van der Waals surface area contributed by atoms with Crippen LogP contribution in [0.5, 0.6) is 0 Å². The van der Waals surface area contributed by atoms with E-state index in [1.54, 1.807) is 0 Å². The number of hydrogen-bond donors (Lipinski definition) is 0. The van der Waals surface area contributed by atoms with Crippen molar-refractivity contribution < 1.29 is 28.6 Å². The van der Waals surface area contributed by atoms with Crippen LogP contribution in [0.1, 0.15) is 329 Å². The van der Waals surface area contributed by atoms with Crippen LogP contribution in [0.2, 0.25) is 0 Å². The smallest absolute Gasteiger partial charge is 0.306 e. The molecule has 0 spiro atoms.